The first-order chi connectivity index (χ1) is 13.4. The molecule has 0 unspecified atom stereocenters. The summed E-state index contributed by atoms with van der Waals surface area (Å²) in [6.45, 7) is 11.2. The Kier molecular flexibility index (Phi) is 9.07. The molecule has 0 bridgehead atoms. The van der Waals surface area contributed by atoms with Crippen molar-refractivity contribution in [2.24, 2.45) is 5.92 Å². The zero-order chi connectivity index (χ0) is 22.2. The molecule has 162 valence electrons. The zero-order valence-corrected chi connectivity index (χ0v) is 18.4. The van der Waals surface area contributed by atoms with Crippen molar-refractivity contribution in [2.45, 2.75) is 66.0 Å². The Balaban J connectivity index is 2.78. The lowest BCUT2D eigenvalue weighted by Gasteiger charge is -2.27. The molecule has 0 aromatic carbocycles. The number of pyridine rings is 1. The summed E-state index contributed by atoms with van der Waals surface area (Å²) in [6, 6.07) is 2.92. The maximum Gasteiger partial charge on any atom is 0.416 e. The highest BCUT2D eigenvalue weighted by atomic mass is 16.6. The summed E-state index contributed by atoms with van der Waals surface area (Å²) in [5.74, 6) is -0.390. The largest absolute Gasteiger partial charge is 0.467 e. The molecule has 0 saturated carbocycles. The van der Waals surface area contributed by atoms with Gasteiger partial charge in [0, 0.05) is 19.2 Å². The molecule has 1 aromatic heterocycles. The summed E-state index contributed by atoms with van der Waals surface area (Å²) in [5.41, 5.74) is 0.306. The number of esters is 1. The van der Waals surface area contributed by atoms with Crippen LogP contribution in [0.15, 0.2) is 18.3 Å². The fraction of sp³-hybridized carbons (Fsp3) is 0.619. The number of rotatable bonds is 8. The average molecular weight is 408 g/mol. The molecule has 1 N–H and O–H groups in total. The molecule has 2 amide bonds. The van der Waals surface area contributed by atoms with Gasteiger partial charge >= 0.3 is 12.1 Å². The van der Waals surface area contributed by atoms with E-state index in [9.17, 15) is 14.4 Å². The van der Waals surface area contributed by atoms with Gasteiger partial charge < -0.3 is 14.8 Å². The first-order valence-corrected chi connectivity index (χ1v) is 9.75. The van der Waals surface area contributed by atoms with Crippen LogP contribution in [0.1, 0.15) is 53.0 Å². The molecule has 0 fully saturated rings. The average Bonchev–Trinajstić information content (AvgIpc) is 2.60. The van der Waals surface area contributed by atoms with Crippen molar-refractivity contribution in [3.8, 4) is 0 Å². The fourth-order valence-electron chi connectivity index (χ4n) is 2.55. The lowest BCUT2D eigenvalue weighted by atomic mass is 10.0. The number of hydrogen-bond donors (Lipinski definition) is 1. The Morgan fingerprint density at radius 1 is 1.24 bits per heavy atom. The van der Waals surface area contributed by atoms with Crippen molar-refractivity contribution < 1.29 is 23.9 Å². The Morgan fingerprint density at radius 2 is 1.90 bits per heavy atom. The topological polar surface area (TPSA) is 97.8 Å². The highest BCUT2D eigenvalue weighted by Crippen LogP contribution is 2.18. The number of ether oxygens (including phenoxy) is 2. The molecule has 1 heterocycles. The minimum Gasteiger partial charge on any atom is -0.467 e. The predicted octanol–water partition coefficient (Wildman–Crippen LogP) is 3.23. The second-order valence-electron chi connectivity index (χ2n) is 8.24. The number of carbonyl (C=O) groups excluding carboxylic acids is 3. The van der Waals surface area contributed by atoms with Crippen LogP contribution in [-0.4, -0.2) is 48.3 Å². The van der Waals surface area contributed by atoms with Crippen LogP contribution in [0.25, 0.3) is 0 Å². The molecule has 8 heteroatoms. The van der Waals surface area contributed by atoms with Gasteiger partial charge in [0.05, 0.1) is 7.11 Å². The number of aryl methyl sites for hydroxylation is 1. The van der Waals surface area contributed by atoms with E-state index in [0.717, 1.165) is 5.56 Å². The number of anilines is 1. The summed E-state index contributed by atoms with van der Waals surface area (Å²) < 4.78 is 10.2. The summed E-state index contributed by atoms with van der Waals surface area (Å²) in [5, 5.41) is 2.69. The molecule has 0 saturated heterocycles. The number of hydrogen-bond acceptors (Lipinski definition) is 6. The van der Waals surface area contributed by atoms with Crippen molar-refractivity contribution >= 4 is 23.8 Å². The van der Waals surface area contributed by atoms with Crippen LogP contribution < -0.4 is 10.2 Å². The minimum absolute atomic E-state index is 0.0962. The van der Waals surface area contributed by atoms with Crippen LogP contribution in [0.2, 0.25) is 0 Å². The lowest BCUT2D eigenvalue weighted by Crippen LogP contribution is -2.45. The van der Waals surface area contributed by atoms with E-state index in [0.29, 0.717) is 12.2 Å². The smallest absolute Gasteiger partial charge is 0.416 e. The van der Waals surface area contributed by atoms with Gasteiger partial charge in [0.1, 0.15) is 17.5 Å². The molecule has 1 aromatic rings. The third kappa shape index (κ3) is 8.50. The quantitative estimate of drug-likeness (QED) is 0.665. The van der Waals surface area contributed by atoms with Crippen LogP contribution in [0.4, 0.5) is 10.6 Å². The molecular weight excluding hydrogens is 374 g/mol. The van der Waals surface area contributed by atoms with Gasteiger partial charge in [-0.25, -0.2) is 14.6 Å². The molecule has 0 radical (unpaired) electrons. The Labute approximate surface area is 173 Å². The normalized spacial score (nSPS) is 12.3. The van der Waals surface area contributed by atoms with E-state index in [-0.39, 0.29) is 24.8 Å². The zero-order valence-electron chi connectivity index (χ0n) is 18.4. The van der Waals surface area contributed by atoms with Crippen LogP contribution in [0.5, 0.6) is 0 Å². The lowest BCUT2D eigenvalue weighted by molar-refractivity contribution is -0.146. The van der Waals surface area contributed by atoms with Crippen LogP contribution >= 0.6 is 0 Å². The molecule has 1 rings (SSSR count). The molecule has 0 aliphatic heterocycles. The Morgan fingerprint density at radius 3 is 2.41 bits per heavy atom. The molecule has 8 nitrogen and oxygen atoms in total. The van der Waals surface area contributed by atoms with E-state index in [1.807, 2.05) is 26.8 Å². The summed E-state index contributed by atoms with van der Waals surface area (Å²) in [7, 11) is 1.29. The second-order valence-corrected chi connectivity index (χ2v) is 8.24. The predicted molar refractivity (Wildman–Crippen MR) is 111 cm³/mol. The third-order valence-corrected chi connectivity index (χ3v) is 4.02. The van der Waals surface area contributed by atoms with Crippen LogP contribution in [0, 0.1) is 12.8 Å². The number of aromatic nitrogens is 1. The van der Waals surface area contributed by atoms with Crippen LogP contribution in [0.3, 0.4) is 0 Å². The molecule has 0 spiro atoms. The molecular formula is C21H33N3O5. The van der Waals surface area contributed by atoms with E-state index in [4.69, 9.17) is 9.47 Å². The van der Waals surface area contributed by atoms with Crippen molar-refractivity contribution in [3.63, 3.8) is 0 Å². The van der Waals surface area contributed by atoms with Gasteiger partial charge in [-0.2, -0.15) is 0 Å². The first-order valence-electron chi connectivity index (χ1n) is 9.75. The fourth-order valence-corrected chi connectivity index (χ4v) is 2.55. The maximum atomic E-state index is 12.6. The van der Waals surface area contributed by atoms with E-state index in [2.05, 4.69) is 10.3 Å². The number of amides is 2. The van der Waals surface area contributed by atoms with E-state index in [1.54, 1.807) is 33.0 Å². The molecule has 29 heavy (non-hydrogen) atoms. The number of nitrogens with zero attached hydrogens (tertiary/aromatic N) is 2. The first kappa shape index (κ1) is 24.4. The van der Waals surface area contributed by atoms with Crippen molar-refractivity contribution in [2.75, 3.05) is 18.6 Å². The summed E-state index contributed by atoms with van der Waals surface area (Å²) >= 11 is 0. The van der Waals surface area contributed by atoms with Crippen molar-refractivity contribution in [3.05, 3.63) is 23.9 Å². The third-order valence-electron chi connectivity index (χ3n) is 4.02. The number of carbonyl (C=O) groups is 3. The monoisotopic (exact) mass is 407 g/mol. The maximum absolute atomic E-state index is 12.6. The van der Waals surface area contributed by atoms with Gasteiger partial charge in [0.25, 0.3) is 0 Å². The van der Waals surface area contributed by atoms with Crippen LogP contribution in [-0.2, 0) is 19.1 Å². The minimum atomic E-state index is -0.701. The van der Waals surface area contributed by atoms with Crippen molar-refractivity contribution in [1.82, 2.24) is 10.3 Å². The van der Waals surface area contributed by atoms with Crippen molar-refractivity contribution in [1.29, 1.82) is 0 Å². The Hall–Kier alpha value is -2.64. The molecule has 0 aliphatic carbocycles. The Bertz CT molecular complexity index is 713. The standard InChI is InChI=1S/C21H33N3O5/c1-14(2)18(19(26)28-7)23-17(25)9-8-12-24(20(27)29-21(4,5)6)16-13-15(3)10-11-22-16/h10-11,13-14,18H,8-9,12H2,1-7H3,(H,23,25)/t18-/m0/s1. The van der Waals surface area contributed by atoms with Gasteiger partial charge in [-0.3, -0.25) is 9.69 Å². The van der Waals surface area contributed by atoms with Gasteiger partial charge in [0.15, 0.2) is 0 Å². The van der Waals surface area contributed by atoms with E-state index < -0.39 is 23.7 Å². The highest BCUT2D eigenvalue weighted by molar-refractivity contribution is 5.87. The number of nitrogens with one attached hydrogen (secondary N) is 1. The summed E-state index contributed by atoms with van der Waals surface area (Å²) in [4.78, 5) is 42.4. The highest BCUT2D eigenvalue weighted by Gasteiger charge is 2.26. The second kappa shape index (κ2) is 10.8. The van der Waals surface area contributed by atoms with Gasteiger partial charge in [0.2, 0.25) is 5.91 Å². The van der Waals surface area contributed by atoms with Gasteiger partial charge in [-0.15, -0.1) is 0 Å². The summed E-state index contributed by atoms with van der Waals surface area (Å²) in [6.07, 6.45) is 1.63. The van der Waals surface area contributed by atoms with Gasteiger partial charge in [-0.1, -0.05) is 13.8 Å². The van der Waals surface area contributed by atoms with E-state index in [1.165, 1.54) is 12.0 Å². The van der Waals surface area contributed by atoms with Gasteiger partial charge in [-0.05, 0) is 57.7 Å². The molecule has 1 atom stereocenters. The number of methoxy groups -OCH3 is 1. The molecule has 0 aliphatic rings. The SMILES string of the molecule is COC(=O)[C@@H](NC(=O)CCCN(C(=O)OC(C)(C)C)c1cc(C)ccn1)C(C)C. The van der Waals surface area contributed by atoms with E-state index >= 15 is 0 Å².